The summed E-state index contributed by atoms with van der Waals surface area (Å²) in [6.07, 6.45) is 5.96. The third kappa shape index (κ3) is 7.36. The third-order valence-electron chi connectivity index (χ3n) is 7.04. The van der Waals surface area contributed by atoms with Crippen LogP contribution >= 0.6 is 24.0 Å². The summed E-state index contributed by atoms with van der Waals surface area (Å²) >= 11 is 0. The molecule has 0 radical (unpaired) electrons. The molecule has 31 heavy (non-hydrogen) atoms. The van der Waals surface area contributed by atoms with Crippen molar-refractivity contribution in [1.29, 1.82) is 0 Å². The quantitative estimate of drug-likeness (QED) is 0.264. The molecule has 0 unspecified atom stereocenters. The highest BCUT2D eigenvalue weighted by atomic mass is 127. The van der Waals surface area contributed by atoms with Crippen LogP contribution in [0.15, 0.2) is 35.3 Å². The number of nitrogens with zero attached hydrogens (tertiary/aromatic N) is 2. The topological polar surface area (TPSA) is 56.7 Å². The van der Waals surface area contributed by atoms with Gasteiger partial charge in [0.25, 0.3) is 0 Å². The van der Waals surface area contributed by atoms with Crippen molar-refractivity contribution < 1.29 is 4.79 Å². The molecule has 1 heterocycles. The average molecular weight is 543 g/mol. The van der Waals surface area contributed by atoms with Crippen molar-refractivity contribution in [2.45, 2.75) is 77.7 Å². The zero-order valence-corrected chi connectivity index (χ0v) is 22.4. The Labute approximate surface area is 206 Å². The molecular weight excluding hydrogens is 499 g/mol. The van der Waals surface area contributed by atoms with E-state index in [2.05, 4.69) is 78.6 Å². The van der Waals surface area contributed by atoms with Gasteiger partial charge in [-0.15, -0.1) is 24.0 Å². The van der Waals surface area contributed by atoms with Crippen LogP contribution in [0, 0.1) is 5.92 Å². The fourth-order valence-electron chi connectivity index (χ4n) is 4.58. The van der Waals surface area contributed by atoms with E-state index in [9.17, 15) is 4.79 Å². The fourth-order valence-corrected chi connectivity index (χ4v) is 4.58. The van der Waals surface area contributed by atoms with E-state index in [1.165, 1.54) is 5.56 Å². The number of amides is 1. The summed E-state index contributed by atoms with van der Waals surface area (Å²) in [5.41, 5.74) is 1.48. The van der Waals surface area contributed by atoms with E-state index in [0.29, 0.717) is 11.9 Å². The number of hydrogen-bond acceptors (Lipinski definition) is 2. The number of likely N-dealkylation sites (tertiary alicyclic amines) is 1. The number of benzene rings is 1. The van der Waals surface area contributed by atoms with Gasteiger partial charge in [-0.1, -0.05) is 58.0 Å². The van der Waals surface area contributed by atoms with E-state index in [1.807, 2.05) is 7.05 Å². The molecule has 1 aromatic rings. The Kier molecular flexibility index (Phi) is 12.5. The normalized spacial score (nSPS) is 15.5. The fraction of sp³-hybridized carbons (Fsp3) is 0.680. The first-order chi connectivity index (χ1) is 14.5. The maximum absolute atomic E-state index is 12.6. The number of carbonyl (C=O) groups is 1. The highest BCUT2D eigenvalue weighted by molar-refractivity contribution is 14.0. The minimum Gasteiger partial charge on any atom is -0.356 e. The first kappa shape index (κ1) is 27.7. The van der Waals surface area contributed by atoms with Crippen LogP contribution in [0.1, 0.15) is 71.8 Å². The number of rotatable bonds is 9. The highest BCUT2D eigenvalue weighted by Crippen LogP contribution is 2.30. The first-order valence-corrected chi connectivity index (χ1v) is 11.8. The lowest BCUT2D eigenvalue weighted by Crippen LogP contribution is -2.52. The van der Waals surface area contributed by atoms with Gasteiger partial charge in [0.15, 0.2) is 5.96 Å². The summed E-state index contributed by atoms with van der Waals surface area (Å²) in [6, 6.07) is 11.2. The monoisotopic (exact) mass is 542 g/mol. The minimum atomic E-state index is 0. The molecule has 2 rings (SSSR count). The molecule has 5 nitrogen and oxygen atoms in total. The zero-order chi connectivity index (χ0) is 22.0. The molecular formula is C25H43IN4O. The second kappa shape index (κ2) is 14.0. The van der Waals surface area contributed by atoms with Crippen LogP contribution in [-0.4, -0.2) is 49.5 Å². The molecule has 176 valence electrons. The largest absolute Gasteiger partial charge is 0.356 e. The van der Waals surface area contributed by atoms with Gasteiger partial charge in [0.1, 0.15) is 0 Å². The van der Waals surface area contributed by atoms with E-state index >= 15 is 0 Å². The summed E-state index contributed by atoms with van der Waals surface area (Å²) in [6.45, 7) is 11.3. The van der Waals surface area contributed by atoms with Crippen molar-refractivity contribution in [3.63, 3.8) is 0 Å². The molecule has 1 amide bonds. The molecule has 0 saturated carbocycles. The minimum absolute atomic E-state index is 0. The van der Waals surface area contributed by atoms with E-state index < -0.39 is 0 Å². The Bertz CT molecular complexity index is 663. The van der Waals surface area contributed by atoms with Crippen molar-refractivity contribution >= 4 is 35.8 Å². The van der Waals surface area contributed by atoms with Crippen molar-refractivity contribution in [3.05, 3.63) is 35.9 Å². The van der Waals surface area contributed by atoms with Gasteiger partial charge in [0.05, 0.1) is 0 Å². The Morgan fingerprint density at radius 2 is 1.68 bits per heavy atom. The lowest BCUT2D eigenvalue weighted by Gasteiger charge is -2.36. The standard InChI is InChI=1S/C25H42N4O.HI/c1-6-20(7-2)23(30)29-17-15-22(16-18-29)28-24(26-5)27-19-25(8-3,9-4)21-13-11-10-12-14-21;/h10-14,20,22H,6-9,15-19H2,1-5H3,(H2,26,27,28);1H. The molecule has 1 saturated heterocycles. The average Bonchev–Trinajstić information content (AvgIpc) is 2.81. The molecule has 0 spiro atoms. The van der Waals surface area contributed by atoms with E-state index in [-0.39, 0.29) is 35.3 Å². The predicted octanol–water partition coefficient (Wildman–Crippen LogP) is 4.95. The van der Waals surface area contributed by atoms with E-state index in [1.54, 1.807) is 0 Å². The van der Waals surface area contributed by atoms with Crippen LogP contribution in [0.3, 0.4) is 0 Å². The maximum atomic E-state index is 12.6. The van der Waals surface area contributed by atoms with E-state index in [0.717, 1.165) is 64.1 Å². The second-order valence-electron chi connectivity index (χ2n) is 8.54. The van der Waals surface area contributed by atoms with Crippen molar-refractivity contribution in [3.8, 4) is 0 Å². The van der Waals surface area contributed by atoms with Crippen molar-refractivity contribution in [2.24, 2.45) is 10.9 Å². The van der Waals surface area contributed by atoms with Crippen LogP contribution in [0.25, 0.3) is 0 Å². The number of guanidine groups is 1. The molecule has 6 heteroatoms. The van der Waals surface area contributed by atoms with Crippen LogP contribution in [0.2, 0.25) is 0 Å². The Balaban J connectivity index is 0.00000480. The number of carbonyl (C=O) groups excluding carboxylic acids is 1. The smallest absolute Gasteiger partial charge is 0.225 e. The van der Waals surface area contributed by atoms with Gasteiger partial charge in [-0.3, -0.25) is 9.79 Å². The number of piperidine rings is 1. The predicted molar refractivity (Wildman–Crippen MR) is 142 cm³/mol. The maximum Gasteiger partial charge on any atom is 0.225 e. The number of hydrogen-bond donors (Lipinski definition) is 2. The summed E-state index contributed by atoms with van der Waals surface area (Å²) in [4.78, 5) is 19.2. The molecule has 1 aliphatic heterocycles. The Morgan fingerprint density at radius 1 is 1.10 bits per heavy atom. The molecule has 0 bridgehead atoms. The number of nitrogens with one attached hydrogen (secondary N) is 2. The molecule has 1 aromatic carbocycles. The van der Waals surface area contributed by atoms with Gasteiger partial charge < -0.3 is 15.5 Å². The van der Waals surface area contributed by atoms with Gasteiger partial charge >= 0.3 is 0 Å². The van der Waals surface area contributed by atoms with Gasteiger partial charge in [-0.2, -0.15) is 0 Å². The Morgan fingerprint density at radius 3 is 2.16 bits per heavy atom. The Hall–Kier alpha value is -1.31. The summed E-state index contributed by atoms with van der Waals surface area (Å²) in [5, 5.41) is 7.18. The first-order valence-electron chi connectivity index (χ1n) is 11.8. The summed E-state index contributed by atoms with van der Waals surface area (Å²) < 4.78 is 0. The van der Waals surface area contributed by atoms with Crippen LogP contribution in [0.5, 0.6) is 0 Å². The second-order valence-corrected chi connectivity index (χ2v) is 8.54. The molecule has 0 aliphatic carbocycles. The SMILES string of the molecule is CCC(CC)C(=O)N1CCC(NC(=NC)NCC(CC)(CC)c2ccccc2)CC1.I. The molecule has 1 fully saturated rings. The van der Waals surface area contributed by atoms with Crippen LogP contribution in [0.4, 0.5) is 0 Å². The van der Waals surface area contributed by atoms with Gasteiger partial charge in [0.2, 0.25) is 5.91 Å². The number of aliphatic imine (C=N–C) groups is 1. The summed E-state index contributed by atoms with van der Waals surface area (Å²) in [5.74, 6) is 1.37. The molecule has 2 N–H and O–H groups in total. The van der Waals surface area contributed by atoms with Gasteiger partial charge in [0, 0.05) is 44.1 Å². The van der Waals surface area contributed by atoms with Crippen LogP contribution in [-0.2, 0) is 10.2 Å². The lowest BCUT2D eigenvalue weighted by molar-refractivity contribution is -0.136. The lowest BCUT2D eigenvalue weighted by atomic mass is 9.76. The molecule has 1 aliphatic rings. The summed E-state index contributed by atoms with van der Waals surface area (Å²) in [7, 11) is 1.84. The highest BCUT2D eigenvalue weighted by Gasteiger charge is 2.30. The molecule has 0 atom stereocenters. The van der Waals surface area contributed by atoms with Gasteiger partial charge in [-0.25, -0.2) is 0 Å². The third-order valence-corrected chi connectivity index (χ3v) is 7.04. The van der Waals surface area contributed by atoms with Crippen molar-refractivity contribution in [2.75, 3.05) is 26.7 Å². The van der Waals surface area contributed by atoms with Crippen LogP contribution < -0.4 is 10.6 Å². The number of halogens is 1. The van der Waals surface area contributed by atoms with E-state index in [4.69, 9.17) is 0 Å². The zero-order valence-electron chi connectivity index (χ0n) is 20.1. The molecule has 0 aromatic heterocycles. The van der Waals surface area contributed by atoms with Gasteiger partial charge in [-0.05, 0) is 44.1 Å². The van der Waals surface area contributed by atoms with Crippen molar-refractivity contribution in [1.82, 2.24) is 15.5 Å².